The van der Waals surface area contributed by atoms with E-state index in [0.29, 0.717) is 17.1 Å². The van der Waals surface area contributed by atoms with Gasteiger partial charge < -0.3 is 4.42 Å². The first-order valence-electron chi connectivity index (χ1n) is 2.25. The van der Waals surface area contributed by atoms with Gasteiger partial charge in [0.1, 0.15) is 0 Å². The van der Waals surface area contributed by atoms with E-state index in [9.17, 15) is 4.21 Å². The second-order valence-corrected chi connectivity index (χ2v) is 1.80. The van der Waals surface area contributed by atoms with Crippen LogP contribution >= 0.6 is 0 Å². The number of nitrogens with zero attached hydrogens (tertiary/aromatic N) is 2. The minimum absolute atomic E-state index is 0.271. The van der Waals surface area contributed by atoms with E-state index < -0.39 is 0 Å². The van der Waals surface area contributed by atoms with Gasteiger partial charge in [-0.05, 0) is 0 Å². The molecular formula is C4H4N2O2S. The van der Waals surface area contributed by atoms with E-state index in [0.717, 1.165) is 0 Å². The van der Waals surface area contributed by atoms with Gasteiger partial charge >= 0.3 is 0 Å². The molecular weight excluding hydrogens is 140 g/mol. The van der Waals surface area contributed by atoms with E-state index in [-0.39, 0.29) is 5.89 Å². The zero-order valence-electron chi connectivity index (χ0n) is 4.70. The standard InChI is InChI=1S/C4H4N2O2S/c1-3-5-6-4(8-3)2-9-7/h2H,1H3. The molecule has 0 aromatic carbocycles. The average molecular weight is 144 g/mol. The Labute approximate surface area is 55.0 Å². The Hall–Kier alpha value is -0.970. The predicted molar refractivity (Wildman–Crippen MR) is 32.3 cm³/mol. The van der Waals surface area contributed by atoms with Crippen molar-refractivity contribution in [3.8, 4) is 0 Å². The highest BCUT2D eigenvalue weighted by molar-refractivity contribution is 7.65. The summed E-state index contributed by atoms with van der Waals surface area (Å²) in [4.78, 5) is 0. The average Bonchev–Trinajstić information content (AvgIpc) is 2.17. The Bertz CT molecular complexity index is 251. The third kappa shape index (κ3) is 1.46. The Morgan fingerprint density at radius 3 is 2.89 bits per heavy atom. The van der Waals surface area contributed by atoms with Gasteiger partial charge in [0.2, 0.25) is 5.89 Å². The highest BCUT2D eigenvalue weighted by Crippen LogP contribution is 1.91. The van der Waals surface area contributed by atoms with E-state index in [2.05, 4.69) is 10.2 Å². The van der Waals surface area contributed by atoms with Crippen LogP contribution in [0.3, 0.4) is 0 Å². The predicted octanol–water partition coefficient (Wildman–Crippen LogP) is -0.259. The summed E-state index contributed by atoms with van der Waals surface area (Å²) < 4.78 is 14.7. The van der Waals surface area contributed by atoms with Crippen LogP contribution in [0.4, 0.5) is 0 Å². The van der Waals surface area contributed by atoms with Crippen LogP contribution in [0.5, 0.6) is 0 Å². The number of hydrogen-bond donors (Lipinski definition) is 0. The molecule has 1 heterocycles. The molecule has 5 heteroatoms. The van der Waals surface area contributed by atoms with Crippen LogP contribution in [0.15, 0.2) is 4.42 Å². The van der Waals surface area contributed by atoms with Gasteiger partial charge in [-0.1, -0.05) is 0 Å². The van der Waals surface area contributed by atoms with Crippen LogP contribution in [-0.2, 0) is 11.3 Å². The van der Waals surface area contributed by atoms with Crippen molar-refractivity contribution in [1.82, 2.24) is 10.2 Å². The Kier molecular flexibility index (Phi) is 1.74. The molecule has 0 bridgehead atoms. The van der Waals surface area contributed by atoms with E-state index in [4.69, 9.17) is 4.42 Å². The lowest BCUT2D eigenvalue weighted by Gasteiger charge is -1.71. The minimum atomic E-state index is 0.271. The summed E-state index contributed by atoms with van der Waals surface area (Å²) in [5, 5.41) is 8.30. The largest absolute Gasteiger partial charge is 0.421 e. The van der Waals surface area contributed by atoms with Gasteiger partial charge in [0.15, 0.2) is 0 Å². The molecule has 0 spiro atoms. The first kappa shape index (κ1) is 6.15. The van der Waals surface area contributed by atoms with E-state index in [1.807, 2.05) is 0 Å². The molecule has 0 fully saturated rings. The molecule has 9 heavy (non-hydrogen) atoms. The van der Waals surface area contributed by atoms with Crippen LogP contribution < -0.4 is 0 Å². The number of rotatable bonds is 1. The third-order valence-electron chi connectivity index (χ3n) is 0.691. The summed E-state index contributed by atoms with van der Waals surface area (Å²) in [6, 6.07) is 0. The molecule has 0 unspecified atom stereocenters. The Morgan fingerprint density at radius 1 is 1.67 bits per heavy atom. The van der Waals surface area contributed by atoms with Crippen molar-refractivity contribution in [1.29, 1.82) is 0 Å². The minimum Gasteiger partial charge on any atom is -0.421 e. The van der Waals surface area contributed by atoms with Gasteiger partial charge in [0, 0.05) is 6.92 Å². The molecule has 0 aliphatic rings. The summed E-state index contributed by atoms with van der Waals surface area (Å²) in [7, 11) is 0. The SMILES string of the molecule is Cc1nnc(C=S=O)o1. The molecule has 0 amide bonds. The van der Waals surface area contributed by atoms with Gasteiger partial charge in [-0.2, -0.15) is 0 Å². The summed E-state index contributed by atoms with van der Waals surface area (Å²) in [6.45, 7) is 1.67. The molecule has 0 saturated carbocycles. The van der Waals surface area contributed by atoms with Crippen molar-refractivity contribution >= 4 is 16.6 Å². The quantitative estimate of drug-likeness (QED) is 0.509. The maximum atomic E-state index is 9.84. The van der Waals surface area contributed by atoms with Crippen molar-refractivity contribution < 1.29 is 8.63 Å². The van der Waals surface area contributed by atoms with E-state index in [1.165, 1.54) is 5.37 Å². The van der Waals surface area contributed by atoms with Crippen molar-refractivity contribution in [3.05, 3.63) is 11.8 Å². The van der Waals surface area contributed by atoms with E-state index >= 15 is 0 Å². The van der Waals surface area contributed by atoms with Gasteiger partial charge in [-0.3, -0.25) is 0 Å². The molecule has 48 valence electrons. The first-order valence-corrected chi connectivity index (χ1v) is 3.05. The molecule has 4 nitrogen and oxygen atoms in total. The molecule has 1 aromatic rings. The van der Waals surface area contributed by atoms with Crippen molar-refractivity contribution in [2.75, 3.05) is 0 Å². The maximum Gasteiger partial charge on any atom is 0.253 e. The second-order valence-electron chi connectivity index (χ2n) is 1.37. The normalized spacial score (nSPS) is 9.00. The highest BCUT2D eigenvalue weighted by atomic mass is 32.1. The van der Waals surface area contributed by atoms with Crippen LogP contribution in [0.25, 0.3) is 0 Å². The topological polar surface area (TPSA) is 56.0 Å². The fourth-order valence-corrected chi connectivity index (χ4v) is 0.578. The summed E-state index contributed by atoms with van der Waals surface area (Å²) in [5.74, 6) is 0.739. The molecule has 1 aromatic heterocycles. The lowest BCUT2D eigenvalue weighted by atomic mass is 10.8. The highest BCUT2D eigenvalue weighted by Gasteiger charge is 1.94. The number of aromatic nitrogens is 2. The third-order valence-corrected chi connectivity index (χ3v) is 0.988. The molecule has 1 rings (SSSR count). The molecule has 0 N–H and O–H groups in total. The molecule has 0 aliphatic heterocycles. The zero-order valence-corrected chi connectivity index (χ0v) is 5.51. The van der Waals surface area contributed by atoms with Crippen molar-refractivity contribution in [3.63, 3.8) is 0 Å². The number of hydrogen-bond acceptors (Lipinski definition) is 4. The van der Waals surface area contributed by atoms with Crippen LogP contribution in [0.2, 0.25) is 0 Å². The van der Waals surface area contributed by atoms with Crippen LogP contribution in [0.1, 0.15) is 11.8 Å². The smallest absolute Gasteiger partial charge is 0.253 e. The number of aryl methyl sites for hydroxylation is 1. The fourth-order valence-electron chi connectivity index (χ4n) is 0.401. The lowest BCUT2D eigenvalue weighted by Crippen LogP contribution is -1.77. The van der Waals surface area contributed by atoms with Crippen molar-refractivity contribution in [2.45, 2.75) is 6.92 Å². The van der Waals surface area contributed by atoms with Gasteiger partial charge in [0.05, 0.1) is 16.6 Å². The van der Waals surface area contributed by atoms with Gasteiger partial charge in [0.25, 0.3) is 5.89 Å². The second kappa shape index (κ2) is 2.54. The zero-order chi connectivity index (χ0) is 6.69. The van der Waals surface area contributed by atoms with Gasteiger partial charge in [-0.25, -0.2) is 4.21 Å². The molecule has 0 atom stereocenters. The summed E-state index contributed by atoms with van der Waals surface area (Å²) in [6.07, 6.45) is 0. The fraction of sp³-hybridized carbons (Fsp3) is 0.250. The molecule has 0 aliphatic carbocycles. The van der Waals surface area contributed by atoms with Gasteiger partial charge in [-0.15, -0.1) is 10.2 Å². The van der Waals surface area contributed by atoms with E-state index in [1.54, 1.807) is 6.92 Å². The first-order chi connectivity index (χ1) is 4.33. The van der Waals surface area contributed by atoms with Crippen molar-refractivity contribution in [2.24, 2.45) is 0 Å². The molecule has 0 saturated heterocycles. The summed E-state index contributed by atoms with van der Waals surface area (Å²) >= 11 is 0.297. The van der Waals surface area contributed by atoms with Crippen LogP contribution in [0, 0.1) is 6.92 Å². The Balaban J connectivity index is 2.97. The lowest BCUT2D eigenvalue weighted by molar-refractivity contribution is 0.513. The molecule has 0 radical (unpaired) electrons. The van der Waals surface area contributed by atoms with Crippen LogP contribution in [-0.4, -0.2) is 19.8 Å². The Morgan fingerprint density at radius 2 is 2.44 bits per heavy atom. The monoisotopic (exact) mass is 144 g/mol. The maximum absolute atomic E-state index is 9.84. The summed E-state index contributed by atoms with van der Waals surface area (Å²) in [5.41, 5.74) is 0.